The molecule has 0 unspecified atom stereocenters. The second kappa shape index (κ2) is 8.89. The van der Waals surface area contributed by atoms with Crippen molar-refractivity contribution in [2.75, 3.05) is 5.32 Å². The van der Waals surface area contributed by atoms with Crippen LogP contribution in [0.25, 0.3) is 21.9 Å². The fourth-order valence-corrected chi connectivity index (χ4v) is 3.91. The Kier molecular flexibility index (Phi) is 5.86. The zero-order chi connectivity index (χ0) is 21.8. The van der Waals surface area contributed by atoms with Gasteiger partial charge in [0.25, 0.3) is 5.56 Å². The molecule has 0 aliphatic carbocycles. The van der Waals surface area contributed by atoms with Gasteiger partial charge in [-0.25, -0.2) is 0 Å². The van der Waals surface area contributed by atoms with E-state index in [-0.39, 0.29) is 11.5 Å². The van der Waals surface area contributed by atoms with E-state index in [1.54, 1.807) is 4.57 Å². The summed E-state index contributed by atoms with van der Waals surface area (Å²) in [6, 6.07) is 28.1. The van der Waals surface area contributed by atoms with Crippen LogP contribution in [0.3, 0.4) is 0 Å². The fourth-order valence-electron chi connectivity index (χ4n) is 3.91. The molecular weight excluding hydrogens is 382 g/mol. The van der Waals surface area contributed by atoms with Gasteiger partial charge in [0.05, 0.1) is 0 Å². The van der Waals surface area contributed by atoms with Crippen molar-refractivity contribution in [2.24, 2.45) is 5.92 Å². The van der Waals surface area contributed by atoms with Gasteiger partial charge >= 0.3 is 0 Å². The Balaban J connectivity index is 1.91. The first-order valence-corrected chi connectivity index (χ1v) is 10.5. The van der Waals surface area contributed by atoms with E-state index in [0.29, 0.717) is 24.2 Å². The number of anilines is 1. The molecule has 31 heavy (non-hydrogen) atoms. The SMILES string of the molecule is CC(C)Cn1c(C#N)c(-c2ccccc2)c2cc(NCc3ccccc3)ccc2c1=O. The Labute approximate surface area is 182 Å². The first-order valence-electron chi connectivity index (χ1n) is 10.5. The largest absolute Gasteiger partial charge is 0.381 e. The first kappa shape index (κ1) is 20.4. The van der Waals surface area contributed by atoms with Crippen molar-refractivity contribution >= 4 is 16.5 Å². The smallest absolute Gasteiger partial charge is 0.259 e. The number of benzene rings is 3. The minimum atomic E-state index is -0.116. The summed E-state index contributed by atoms with van der Waals surface area (Å²) in [5, 5.41) is 14.9. The van der Waals surface area contributed by atoms with Gasteiger partial charge in [0.1, 0.15) is 11.8 Å². The topological polar surface area (TPSA) is 57.8 Å². The van der Waals surface area contributed by atoms with E-state index in [9.17, 15) is 10.1 Å². The lowest BCUT2D eigenvalue weighted by Gasteiger charge is -2.18. The number of nitrogens with zero attached hydrogens (tertiary/aromatic N) is 2. The van der Waals surface area contributed by atoms with Gasteiger partial charge < -0.3 is 5.32 Å². The van der Waals surface area contributed by atoms with Crippen molar-refractivity contribution in [2.45, 2.75) is 26.9 Å². The van der Waals surface area contributed by atoms with Crippen LogP contribution in [0.1, 0.15) is 25.1 Å². The van der Waals surface area contributed by atoms with Crippen molar-refractivity contribution < 1.29 is 0 Å². The quantitative estimate of drug-likeness (QED) is 0.439. The van der Waals surface area contributed by atoms with Gasteiger partial charge in [-0.3, -0.25) is 9.36 Å². The number of hydrogen-bond acceptors (Lipinski definition) is 3. The molecule has 0 fully saturated rings. The number of nitriles is 1. The lowest BCUT2D eigenvalue weighted by molar-refractivity contribution is 0.510. The molecule has 4 nitrogen and oxygen atoms in total. The Morgan fingerprint density at radius 2 is 1.61 bits per heavy atom. The first-order chi connectivity index (χ1) is 15.1. The van der Waals surface area contributed by atoms with Crippen molar-refractivity contribution in [1.29, 1.82) is 5.26 Å². The average molecular weight is 408 g/mol. The van der Waals surface area contributed by atoms with Crippen LogP contribution >= 0.6 is 0 Å². The third-order valence-electron chi connectivity index (χ3n) is 5.33. The Morgan fingerprint density at radius 3 is 2.26 bits per heavy atom. The summed E-state index contributed by atoms with van der Waals surface area (Å²) in [5.41, 5.74) is 4.13. The summed E-state index contributed by atoms with van der Waals surface area (Å²) in [4.78, 5) is 13.3. The molecule has 0 atom stereocenters. The summed E-state index contributed by atoms with van der Waals surface area (Å²) in [6.45, 7) is 5.29. The normalized spacial score (nSPS) is 10.9. The van der Waals surface area contributed by atoms with Crippen molar-refractivity contribution in [1.82, 2.24) is 4.57 Å². The summed E-state index contributed by atoms with van der Waals surface area (Å²) in [7, 11) is 0. The number of fused-ring (bicyclic) bond motifs is 1. The van der Waals surface area contributed by atoms with Gasteiger partial charge in [0, 0.05) is 29.7 Å². The molecule has 0 saturated heterocycles. The second-order valence-corrected chi connectivity index (χ2v) is 8.11. The highest BCUT2D eigenvalue weighted by atomic mass is 16.1. The van der Waals surface area contributed by atoms with Gasteiger partial charge in [-0.05, 0) is 40.6 Å². The number of nitrogens with one attached hydrogen (secondary N) is 1. The maximum absolute atomic E-state index is 13.3. The standard InChI is InChI=1S/C27H25N3O/c1-19(2)18-30-25(16-28)26(21-11-7-4-8-12-21)24-15-22(13-14-23(24)27(30)31)29-17-20-9-5-3-6-10-20/h3-15,19,29H,17-18H2,1-2H3. The molecule has 1 N–H and O–H groups in total. The highest BCUT2D eigenvalue weighted by Crippen LogP contribution is 2.32. The molecule has 4 rings (SSSR count). The van der Waals surface area contributed by atoms with Gasteiger partial charge in [-0.2, -0.15) is 5.26 Å². The summed E-state index contributed by atoms with van der Waals surface area (Å²) in [5.74, 6) is 0.248. The molecule has 4 heteroatoms. The zero-order valence-corrected chi connectivity index (χ0v) is 17.8. The van der Waals surface area contributed by atoms with Gasteiger partial charge in [0.15, 0.2) is 0 Å². The summed E-state index contributed by atoms with van der Waals surface area (Å²) < 4.78 is 1.63. The molecule has 0 saturated carbocycles. The van der Waals surface area contributed by atoms with Crippen LogP contribution in [0.15, 0.2) is 83.7 Å². The molecule has 4 aromatic rings. The molecule has 0 amide bonds. The molecule has 1 heterocycles. The maximum Gasteiger partial charge on any atom is 0.259 e. The molecule has 0 bridgehead atoms. The summed E-state index contributed by atoms with van der Waals surface area (Å²) in [6.07, 6.45) is 0. The molecule has 154 valence electrons. The third-order valence-corrected chi connectivity index (χ3v) is 5.33. The van der Waals surface area contributed by atoms with Crippen LogP contribution in [-0.2, 0) is 13.1 Å². The van der Waals surface area contributed by atoms with Crippen molar-refractivity contribution in [3.8, 4) is 17.2 Å². The van der Waals surface area contributed by atoms with E-state index in [4.69, 9.17) is 0 Å². The number of pyridine rings is 1. The van der Waals surface area contributed by atoms with Crippen molar-refractivity contribution in [3.63, 3.8) is 0 Å². The number of aromatic nitrogens is 1. The fraction of sp³-hybridized carbons (Fsp3) is 0.185. The highest BCUT2D eigenvalue weighted by molar-refractivity contribution is 6.00. The monoisotopic (exact) mass is 407 g/mol. The second-order valence-electron chi connectivity index (χ2n) is 8.11. The van der Waals surface area contributed by atoms with Crippen LogP contribution < -0.4 is 10.9 Å². The van der Waals surface area contributed by atoms with Gasteiger partial charge in [0.2, 0.25) is 0 Å². The Hall–Kier alpha value is -3.84. The third kappa shape index (κ3) is 4.22. The van der Waals surface area contributed by atoms with E-state index < -0.39 is 0 Å². The molecule has 3 aromatic carbocycles. The van der Waals surface area contributed by atoms with E-state index in [1.807, 2.05) is 66.7 Å². The van der Waals surface area contributed by atoms with Gasteiger partial charge in [-0.1, -0.05) is 74.5 Å². The van der Waals surface area contributed by atoms with E-state index >= 15 is 0 Å². The van der Waals surface area contributed by atoms with E-state index in [2.05, 4.69) is 37.4 Å². The van der Waals surface area contributed by atoms with Crippen LogP contribution in [0.2, 0.25) is 0 Å². The Morgan fingerprint density at radius 1 is 0.935 bits per heavy atom. The average Bonchev–Trinajstić information content (AvgIpc) is 2.80. The van der Waals surface area contributed by atoms with Crippen molar-refractivity contribution in [3.05, 3.63) is 100 Å². The summed E-state index contributed by atoms with van der Waals surface area (Å²) >= 11 is 0. The Bertz CT molecular complexity index is 1300. The van der Waals surface area contributed by atoms with Crippen LogP contribution in [0, 0.1) is 17.2 Å². The minimum absolute atomic E-state index is 0.116. The van der Waals surface area contributed by atoms with Crippen LogP contribution in [0.5, 0.6) is 0 Å². The number of hydrogen-bond donors (Lipinski definition) is 1. The molecule has 0 radical (unpaired) electrons. The highest BCUT2D eigenvalue weighted by Gasteiger charge is 2.19. The number of rotatable bonds is 6. The van der Waals surface area contributed by atoms with Gasteiger partial charge in [-0.15, -0.1) is 0 Å². The van der Waals surface area contributed by atoms with E-state index in [1.165, 1.54) is 5.56 Å². The maximum atomic E-state index is 13.3. The minimum Gasteiger partial charge on any atom is -0.381 e. The molecule has 1 aromatic heterocycles. The predicted molar refractivity (Wildman–Crippen MR) is 127 cm³/mol. The molecular formula is C27H25N3O. The van der Waals surface area contributed by atoms with E-state index in [0.717, 1.165) is 22.2 Å². The molecule has 0 aliphatic heterocycles. The predicted octanol–water partition coefficient (Wildman–Crippen LogP) is 5.81. The molecule has 0 spiro atoms. The lowest BCUT2D eigenvalue weighted by atomic mass is 9.96. The lowest BCUT2D eigenvalue weighted by Crippen LogP contribution is -2.26. The van der Waals surface area contributed by atoms with Crippen LogP contribution in [-0.4, -0.2) is 4.57 Å². The zero-order valence-electron chi connectivity index (χ0n) is 17.8. The molecule has 0 aliphatic rings. The van der Waals surface area contributed by atoms with Crippen LogP contribution in [0.4, 0.5) is 5.69 Å².